The summed E-state index contributed by atoms with van der Waals surface area (Å²) in [6, 6.07) is 3.97. The number of benzene rings is 1. The first-order valence-corrected chi connectivity index (χ1v) is 5.39. The number of nitrogen functional groups attached to an aromatic ring is 1. The number of hydrogen-bond donors (Lipinski definition) is 1. The zero-order valence-electron chi connectivity index (χ0n) is 8.91. The number of carbonyl (C=O) groups is 1. The number of carbonyl (C=O) groups excluding carboxylic acids is 1. The van der Waals surface area contributed by atoms with Crippen LogP contribution < -0.4 is 5.73 Å². The van der Waals surface area contributed by atoms with Gasteiger partial charge in [0.05, 0.1) is 12.2 Å². The molecule has 0 atom stereocenters. The molecule has 2 N–H and O–H groups in total. The number of anilines is 1. The maximum absolute atomic E-state index is 13.3. The highest BCUT2D eigenvalue weighted by molar-refractivity contribution is 5.90. The maximum Gasteiger partial charge on any atom is 0.341 e. The third-order valence-electron chi connectivity index (χ3n) is 2.89. The van der Waals surface area contributed by atoms with Gasteiger partial charge in [-0.2, -0.15) is 0 Å². The summed E-state index contributed by atoms with van der Waals surface area (Å²) in [5, 5.41) is 0. The lowest BCUT2D eigenvalue weighted by atomic mass is 9.86. The van der Waals surface area contributed by atoms with Crippen molar-refractivity contribution in [3.8, 4) is 0 Å². The molecule has 3 nitrogen and oxygen atoms in total. The Morgan fingerprint density at radius 3 is 2.81 bits per heavy atom. The Bertz CT molecular complexity index is 402. The monoisotopic (exact) mass is 223 g/mol. The molecule has 0 amide bonds. The van der Waals surface area contributed by atoms with Crippen LogP contribution in [0.4, 0.5) is 10.1 Å². The van der Waals surface area contributed by atoms with Crippen LogP contribution in [-0.2, 0) is 4.74 Å². The second kappa shape index (κ2) is 4.51. The van der Waals surface area contributed by atoms with Crippen molar-refractivity contribution in [3.63, 3.8) is 0 Å². The molecule has 86 valence electrons. The van der Waals surface area contributed by atoms with E-state index in [0.717, 1.165) is 18.9 Å². The molecule has 0 bridgehead atoms. The Morgan fingerprint density at radius 1 is 1.50 bits per heavy atom. The van der Waals surface area contributed by atoms with Crippen LogP contribution in [0.15, 0.2) is 18.2 Å². The third kappa shape index (κ3) is 2.32. The molecule has 0 aromatic heterocycles. The van der Waals surface area contributed by atoms with Crippen molar-refractivity contribution in [2.75, 3.05) is 12.3 Å². The average molecular weight is 223 g/mol. The van der Waals surface area contributed by atoms with Crippen LogP contribution in [-0.4, -0.2) is 12.6 Å². The van der Waals surface area contributed by atoms with Gasteiger partial charge in [-0.25, -0.2) is 9.18 Å². The van der Waals surface area contributed by atoms with Crippen LogP contribution in [0.1, 0.15) is 29.6 Å². The first-order chi connectivity index (χ1) is 7.66. The van der Waals surface area contributed by atoms with Gasteiger partial charge in [-0.3, -0.25) is 0 Å². The molecule has 0 spiro atoms. The molecular formula is C12H14FNO2. The molecule has 1 aromatic rings. The maximum atomic E-state index is 13.3. The van der Waals surface area contributed by atoms with Gasteiger partial charge in [-0.1, -0.05) is 6.42 Å². The quantitative estimate of drug-likeness (QED) is 0.632. The highest BCUT2D eigenvalue weighted by Gasteiger charge is 2.20. The van der Waals surface area contributed by atoms with Crippen LogP contribution in [0.3, 0.4) is 0 Å². The van der Waals surface area contributed by atoms with Crippen molar-refractivity contribution in [1.29, 1.82) is 0 Å². The van der Waals surface area contributed by atoms with Gasteiger partial charge in [0.1, 0.15) is 5.82 Å². The Kier molecular flexibility index (Phi) is 3.08. The van der Waals surface area contributed by atoms with Crippen LogP contribution in [0.5, 0.6) is 0 Å². The Balaban J connectivity index is 1.96. The molecule has 1 fully saturated rings. The summed E-state index contributed by atoms with van der Waals surface area (Å²) < 4.78 is 18.4. The summed E-state index contributed by atoms with van der Waals surface area (Å²) in [5.41, 5.74) is 5.64. The normalized spacial score (nSPS) is 15.6. The molecule has 1 aromatic carbocycles. The van der Waals surface area contributed by atoms with Gasteiger partial charge in [-0.05, 0) is 37.0 Å². The molecule has 0 unspecified atom stereocenters. The number of ether oxygens (including phenoxy) is 1. The van der Waals surface area contributed by atoms with E-state index in [0.29, 0.717) is 18.2 Å². The van der Waals surface area contributed by atoms with Gasteiger partial charge in [0.2, 0.25) is 0 Å². The SMILES string of the molecule is Nc1ccc(C(=O)OCC2CCC2)c(F)c1. The number of hydrogen-bond acceptors (Lipinski definition) is 3. The van der Waals surface area contributed by atoms with E-state index in [2.05, 4.69) is 0 Å². The van der Waals surface area contributed by atoms with Crippen LogP contribution >= 0.6 is 0 Å². The topological polar surface area (TPSA) is 52.3 Å². The highest BCUT2D eigenvalue weighted by Crippen LogP contribution is 2.26. The largest absolute Gasteiger partial charge is 0.462 e. The highest BCUT2D eigenvalue weighted by atomic mass is 19.1. The standard InChI is InChI=1S/C12H14FNO2/c13-11-6-9(14)4-5-10(11)12(15)16-7-8-2-1-3-8/h4-6,8H,1-3,7,14H2. The van der Waals surface area contributed by atoms with E-state index >= 15 is 0 Å². The molecule has 2 rings (SSSR count). The van der Waals surface area contributed by atoms with E-state index in [1.54, 1.807) is 0 Å². The van der Waals surface area contributed by atoms with Crippen molar-refractivity contribution in [3.05, 3.63) is 29.6 Å². The van der Waals surface area contributed by atoms with Gasteiger partial charge < -0.3 is 10.5 Å². The first kappa shape index (κ1) is 10.9. The lowest BCUT2D eigenvalue weighted by Crippen LogP contribution is -2.20. The molecule has 0 saturated heterocycles. The van der Waals surface area contributed by atoms with Crippen molar-refractivity contribution in [1.82, 2.24) is 0 Å². The zero-order chi connectivity index (χ0) is 11.5. The average Bonchev–Trinajstić information content (AvgIpc) is 2.14. The summed E-state index contributed by atoms with van der Waals surface area (Å²) in [6.45, 7) is 0.392. The zero-order valence-corrected chi connectivity index (χ0v) is 8.91. The third-order valence-corrected chi connectivity index (χ3v) is 2.89. The van der Waals surface area contributed by atoms with Gasteiger partial charge >= 0.3 is 5.97 Å². The minimum absolute atomic E-state index is 0.0477. The van der Waals surface area contributed by atoms with Crippen molar-refractivity contribution >= 4 is 11.7 Å². The van der Waals surface area contributed by atoms with Gasteiger partial charge in [-0.15, -0.1) is 0 Å². The van der Waals surface area contributed by atoms with Gasteiger partial charge in [0.25, 0.3) is 0 Å². The lowest BCUT2D eigenvalue weighted by molar-refractivity contribution is 0.0366. The molecule has 0 heterocycles. The fourth-order valence-electron chi connectivity index (χ4n) is 1.63. The second-order valence-corrected chi connectivity index (χ2v) is 4.13. The van der Waals surface area contributed by atoms with E-state index in [1.807, 2.05) is 0 Å². The summed E-state index contributed by atoms with van der Waals surface area (Å²) >= 11 is 0. The van der Waals surface area contributed by atoms with Crippen LogP contribution in [0.2, 0.25) is 0 Å². The predicted octanol–water partition coefficient (Wildman–Crippen LogP) is 2.36. The molecule has 0 aliphatic heterocycles. The van der Waals surface area contributed by atoms with Crippen molar-refractivity contribution < 1.29 is 13.9 Å². The van der Waals surface area contributed by atoms with Crippen molar-refractivity contribution in [2.24, 2.45) is 5.92 Å². The number of esters is 1. The molecule has 1 aliphatic rings. The molecule has 4 heteroatoms. The predicted molar refractivity (Wildman–Crippen MR) is 58.4 cm³/mol. The molecular weight excluding hydrogens is 209 g/mol. The lowest BCUT2D eigenvalue weighted by Gasteiger charge is -2.24. The van der Waals surface area contributed by atoms with Crippen LogP contribution in [0, 0.1) is 11.7 Å². The Hall–Kier alpha value is -1.58. The number of halogens is 1. The molecule has 1 aliphatic carbocycles. The van der Waals surface area contributed by atoms with E-state index < -0.39 is 11.8 Å². The van der Waals surface area contributed by atoms with Gasteiger partial charge in [0, 0.05) is 5.69 Å². The van der Waals surface area contributed by atoms with Crippen molar-refractivity contribution in [2.45, 2.75) is 19.3 Å². The van der Waals surface area contributed by atoms with E-state index in [1.165, 1.54) is 18.6 Å². The van der Waals surface area contributed by atoms with Crippen LogP contribution in [0.25, 0.3) is 0 Å². The summed E-state index contributed by atoms with van der Waals surface area (Å²) in [7, 11) is 0. The minimum atomic E-state index is -0.626. The van der Waals surface area contributed by atoms with Gasteiger partial charge in [0.15, 0.2) is 0 Å². The summed E-state index contributed by atoms with van der Waals surface area (Å²) in [6.07, 6.45) is 3.38. The fourth-order valence-corrected chi connectivity index (χ4v) is 1.63. The Labute approximate surface area is 93.4 Å². The molecule has 16 heavy (non-hydrogen) atoms. The fraction of sp³-hybridized carbons (Fsp3) is 0.417. The summed E-state index contributed by atoms with van der Waals surface area (Å²) in [4.78, 5) is 11.5. The van der Waals surface area contributed by atoms with E-state index in [9.17, 15) is 9.18 Å². The minimum Gasteiger partial charge on any atom is -0.462 e. The number of nitrogens with two attached hydrogens (primary N) is 1. The molecule has 1 saturated carbocycles. The summed E-state index contributed by atoms with van der Waals surface area (Å²) in [5.74, 6) is -0.774. The van der Waals surface area contributed by atoms with E-state index in [4.69, 9.17) is 10.5 Å². The first-order valence-electron chi connectivity index (χ1n) is 5.39. The second-order valence-electron chi connectivity index (χ2n) is 4.13. The smallest absolute Gasteiger partial charge is 0.341 e. The number of rotatable bonds is 3. The molecule has 0 radical (unpaired) electrons. The Morgan fingerprint density at radius 2 is 2.25 bits per heavy atom. The van der Waals surface area contributed by atoms with E-state index in [-0.39, 0.29) is 5.56 Å².